The molecule has 2 aliphatic heterocycles. The van der Waals surface area contributed by atoms with E-state index in [4.69, 9.17) is 5.73 Å². The van der Waals surface area contributed by atoms with Gasteiger partial charge in [0, 0.05) is 25.8 Å². The second kappa shape index (κ2) is 5.91. The van der Waals surface area contributed by atoms with E-state index in [9.17, 15) is 14.4 Å². The van der Waals surface area contributed by atoms with E-state index >= 15 is 0 Å². The smallest absolute Gasteiger partial charge is 0.327 e. The first-order valence-corrected chi connectivity index (χ1v) is 7.70. The Morgan fingerprint density at radius 3 is 2.65 bits per heavy atom. The van der Waals surface area contributed by atoms with Crippen molar-refractivity contribution in [2.45, 2.75) is 18.9 Å². The van der Waals surface area contributed by atoms with Crippen LogP contribution in [0.1, 0.15) is 23.2 Å². The van der Waals surface area contributed by atoms with E-state index in [0.717, 1.165) is 25.1 Å². The first kappa shape index (κ1) is 15.3. The molecule has 2 heterocycles. The lowest BCUT2D eigenvalue weighted by Gasteiger charge is -2.38. The molecule has 2 aliphatic rings. The van der Waals surface area contributed by atoms with Crippen LogP contribution in [0.4, 0.5) is 10.5 Å². The van der Waals surface area contributed by atoms with Crippen LogP contribution in [0, 0.1) is 0 Å². The molecule has 0 aliphatic carbocycles. The number of urea groups is 1. The van der Waals surface area contributed by atoms with Gasteiger partial charge < -0.3 is 15.5 Å². The Labute approximate surface area is 134 Å². The van der Waals surface area contributed by atoms with Crippen LogP contribution in [0.15, 0.2) is 24.3 Å². The molecule has 23 heavy (non-hydrogen) atoms. The molecule has 7 heteroatoms. The van der Waals surface area contributed by atoms with Crippen LogP contribution in [0.3, 0.4) is 0 Å². The summed E-state index contributed by atoms with van der Waals surface area (Å²) in [5, 5.41) is 0. The summed E-state index contributed by atoms with van der Waals surface area (Å²) >= 11 is 0. The zero-order valence-corrected chi connectivity index (χ0v) is 13.1. The van der Waals surface area contributed by atoms with Crippen molar-refractivity contribution in [2.75, 3.05) is 31.6 Å². The van der Waals surface area contributed by atoms with Crippen molar-refractivity contribution in [3.63, 3.8) is 0 Å². The highest BCUT2D eigenvalue weighted by molar-refractivity contribution is 6.02. The number of carbonyl (C=O) groups is 3. The lowest BCUT2D eigenvalue weighted by atomic mass is 10.0. The third-order valence-corrected chi connectivity index (χ3v) is 4.45. The number of benzene rings is 1. The fraction of sp³-hybridized carbons (Fsp3) is 0.438. The Hall–Kier alpha value is -2.57. The molecular weight excluding hydrogens is 296 g/mol. The first-order valence-electron chi connectivity index (χ1n) is 7.70. The molecule has 1 atom stereocenters. The fourth-order valence-electron chi connectivity index (χ4n) is 3.34. The number of imide groups is 1. The number of rotatable bonds is 3. The van der Waals surface area contributed by atoms with E-state index in [1.54, 1.807) is 19.2 Å². The molecule has 0 radical (unpaired) electrons. The van der Waals surface area contributed by atoms with Crippen LogP contribution in [0.5, 0.6) is 0 Å². The largest absolute Gasteiger partial charge is 0.369 e. The number of primary amides is 1. The molecule has 3 rings (SSSR count). The monoisotopic (exact) mass is 316 g/mol. The van der Waals surface area contributed by atoms with E-state index in [2.05, 4.69) is 0 Å². The van der Waals surface area contributed by atoms with E-state index < -0.39 is 5.91 Å². The van der Waals surface area contributed by atoms with Crippen LogP contribution in [0.2, 0.25) is 0 Å². The first-order chi connectivity index (χ1) is 11.0. The van der Waals surface area contributed by atoms with Gasteiger partial charge in [0.25, 0.3) is 11.8 Å². The average molecular weight is 316 g/mol. The quantitative estimate of drug-likeness (QED) is 0.829. The number of hydrogen-bond donors (Lipinski definition) is 1. The van der Waals surface area contributed by atoms with Crippen LogP contribution in [-0.2, 0) is 4.79 Å². The maximum absolute atomic E-state index is 12.2. The summed E-state index contributed by atoms with van der Waals surface area (Å²) in [6.07, 6.45) is 1.62. The third-order valence-electron chi connectivity index (χ3n) is 4.45. The Balaban J connectivity index is 1.83. The summed E-state index contributed by atoms with van der Waals surface area (Å²) in [4.78, 5) is 40.7. The Bertz CT molecular complexity index is 660. The van der Waals surface area contributed by atoms with Crippen LogP contribution in [0.25, 0.3) is 0 Å². The summed E-state index contributed by atoms with van der Waals surface area (Å²) in [6, 6.07) is 6.75. The van der Waals surface area contributed by atoms with Gasteiger partial charge >= 0.3 is 6.03 Å². The van der Waals surface area contributed by atoms with Crippen molar-refractivity contribution >= 4 is 23.5 Å². The van der Waals surface area contributed by atoms with Gasteiger partial charge in [-0.05, 0) is 25.0 Å². The normalized spacial score (nSPS) is 22.0. The van der Waals surface area contributed by atoms with Gasteiger partial charge in [0.1, 0.15) is 6.54 Å². The van der Waals surface area contributed by atoms with Gasteiger partial charge in [0.15, 0.2) is 0 Å². The minimum Gasteiger partial charge on any atom is -0.369 e. The minimum absolute atomic E-state index is 0.132. The number of para-hydroxylation sites is 1. The maximum Gasteiger partial charge on any atom is 0.327 e. The molecule has 1 unspecified atom stereocenters. The summed E-state index contributed by atoms with van der Waals surface area (Å²) in [7, 11) is 1.63. The van der Waals surface area contributed by atoms with Crippen LogP contribution >= 0.6 is 0 Å². The predicted molar refractivity (Wildman–Crippen MR) is 85.1 cm³/mol. The van der Waals surface area contributed by atoms with Crippen molar-refractivity contribution in [1.82, 2.24) is 9.80 Å². The molecule has 0 spiro atoms. The van der Waals surface area contributed by atoms with E-state index in [1.807, 2.05) is 17.0 Å². The van der Waals surface area contributed by atoms with Gasteiger partial charge in [-0.2, -0.15) is 0 Å². The van der Waals surface area contributed by atoms with Gasteiger partial charge in [-0.25, -0.2) is 4.79 Å². The third kappa shape index (κ3) is 2.74. The molecule has 7 nitrogen and oxygen atoms in total. The molecule has 2 N–H and O–H groups in total. The molecule has 4 amide bonds. The molecular formula is C16H20N4O3. The molecule has 122 valence electrons. The minimum atomic E-state index is -0.476. The predicted octanol–water partition coefficient (Wildman–Crippen LogP) is 0.648. The molecule has 2 saturated heterocycles. The van der Waals surface area contributed by atoms with E-state index in [0.29, 0.717) is 12.1 Å². The second-order valence-electron chi connectivity index (χ2n) is 6.03. The number of amides is 4. The highest BCUT2D eigenvalue weighted by atomic mass is 16.2. The maximum atomic E-state index is 12.2. The molecule has 2 fully saturated rings. The topological polar surface area (TPSA) is 86.9 Å². The zero-order chi connectivity index (χ0) is 16.6. The van der Waals surface area contributed by atoms with Gasteiger partial charge in [-0.3, -0.25) is 14.5 Å². The van der Waals surface area contributed by atoms with Crippen LogP contribution in [-0.4, -0.2) is 60.4 Å². The number of likely N-dealkylation sites (N-methyl/N-ethyl adjacent to an activating group) is 1. The summed E-state index contributed by atoms with van der Waals surface area (Å²) in [6.45, 7) is 1.43. The standard InChI is InChI=1S/C16H20N4O3/c1-18-10-14(21)20(16(18)23)11-5-4-8-19(9-11)13-7-3-2-6-12(13)15(17)22/h2-3,6-7,11H,4-5,8-10H2,1H3,(H2,17,22). The lowest BCUT2D eigenvalue weighted by Crippen LogP contribution is -2.51. The van der Waals surface area contributed by atoms with Crippen molar-refractivity contribution in [3.05, 3.63) is 29.8 Å². The SMILES string of the molecule is CN1CC(=O)N(C2CCCN(c3ccccc3C(N)=O)C2)C1=O. The highest BCUT2D eigenvalue weighted by Gasteiger charge is 2.40. The molecule has 0 aromatic heterocycles. The van der Waals surface area contributed by atoms with Crippen molar-refractivity contribution in [1.29, 1.82) is 0 Å². The Morgan fingerprint density at radius 2 is 2.00 bits per heavy atom. The number of carbonyl (C=O) groups excluding carboxylic acids is 3. The molecule has 1 aromatic carbocycles. The summed E-state index contributed by atoms with van der Waals surface area (Å²) < 4.78 is 0. The lowest BCUT2D eigenvalue weighted by molar-refractivity contribution is -0.126. The van der Waals surface area contributed by atoms with Crippen LogP contribution < -0.4 is 10.6 Å². The summed E-state index contributed by atoms with van der Waals surface area (Å²) in [5.74, 6) is -0.636. The van der Waals surface area contributed by atoms with E-state index in [-0.39, 0.29) is 24.5 Å². The Kier molecular flexibility index (Phi) is 3.94. The average Bonchev–Trinajstić information content (AvgIpc) is 2.80. The van der Waals surface area contributed by atoms with Gasteiger partial charge in [-0.1, -0.05) is 12.1 Å². The molecule has 0 bridgehead atoms. The molecule has 0 saturated carbocycles. The number of nitrogens with zero attached hydrogens (tertiary/aromatic N) is 3. The summed E-state index contributed by atoms with van der Waals surface area (Å²) in [5.41, 5.74) is 6.67. The number of nitrogens with two attached hydrogens (primary N) is 1. The van der Waals surface area contributed by atoms with E-state index in [1.165, 1.54) is 9.80 Å². The number of anilines is 1. The van der Waals surface area contributed by atoms with Crippen molar-refractivity contribution in [3.8, 4) is 0 Å². The fourth-order valence-corrected chi connectivity index (χ4v) is 3.34. The highest BCUT2D eigenvalue weighted by Crippen LogP contribution is 2.27. The second-order valence-corrected chi connectivity index (χ2v) is 6.03. The zero-order valence-electron chi connectivity index (χ0n) is 13.1. The van der Waals surface area contributed by atoms with Crippen molar-refractivity contribution < 1.29 is 14.4 Å². The van der Waals surface area contributed by atoms with Gasteiger partial charge in [0.2, 0.25) is 0 Å². The Morgan fingerprint density at radius 1 is 1.26 bits per heavy atom. The van der Waals surface area contributed by atoms with Crippen molar-refractivity contribution in [2.24, 2.45) is 5.73 Å². The van der Waals surface area contributed by atoms with Gasteiger partial charge in [-0.15, -0.1) is 0 Å². The van der Waals surface area contributed by atoms with Gasteiger partial charge in [0.05, 0.1) is 11.6 Å². The number of piperidine rings is 1. The number of hydrogen-bond acceptors (Lipinski definition) is 4. The molecule has 1 aromatic rings.